The third-order valence-electron chi connectivity index (χ3n) is 3.22. The van der Waals surface area contributed by atoms with E-state index < -0.39 is 0 Å². The molecule has 2 aromatic rings. The van der Waals surface area contributed by atoms with E-state index in [4.69, 9.17) is 10.5 Å². The molecule has 0 saturated carbocycles. The third-order valence-corrected chi connectivity index (χ3v) is 3.82. The Balaban J connectivity index is 2.10. The van der Waals surface area contributed by atoms with E-state index in [0.717, 1.165) is 24.2 Å². The molecule has 0 unspecified atom stereocenters. The lowest BCUT2D eigenvalue weighted by atomic mass is 10.2. The Kier molecular flexibility index (Phi) is 3.28. The first-order valence-electron chi connectivity index (χ1n) is 6.03. The lowest BCUT2D eigenvalue weighted by Gasteiger charge is -2.29. The van der Waals surface area contributed by atoms with Gasteiger partial charge in [-0.3, -0.25) is 0 Å². The van der Waals surface area contributed by atoms with Crippen molar-refractivity contribution in [1.82, 2.24) is 4.98 Å². The van der Waals surface area contributed by atoms with E-state index in [0.29, 0.717) is 29.0 Å². The number of nitrogens with zero attached hydrogens (tertiary/aromatic N) is 2. The molecule has 0 aliphatic carbocycles. The zero-order chi connectivity index (χ0) is 13.4. The first kappa shape index (κ1) is 12.6. The summed E-state index contributed by atoms with van der Waals surface area (Å²) in [6, 6.07) is 5.06. The van der Waals surface area contributed by atoms with E-state index in [1.165, 1.54) is 6.07 Å². The fourth-order valence-electron chi connectivity index (χ4n) is 2.23. The molecule has 1 aliphatic heterocycles. The van der Waals surface area contributed by atoms with Crippen LogP contribution < -0.4 is 10.6 Å². The molecule has 1 aliphatic rings. The molecule has 1 aromatic carbocycles. The number of ether oxygens (including phenoxy) is 1. The van der Waals surface area contributed by atoms with Gasteiger partial charge < -0.3 is 15.4 Å². The molecule has 2 heterocycles. The summed E-state index contributed by atoms with van der Waals surface area (Å²) in [5, 5.41) is 0.865. The van der Waals surface area contributed by atoms with E-state index in [2.05, 4.69) is 25.8 Å². The van der Waals surface area contributed by atoms with Crippen LogP contribution in [0.15, 0.2) is 22.7 Å². The van der Waals surface area contributed by atoms with E-state index in [1.54, 1.807) is 6.07 Å². The van der Waals surface area contributed by atoms with Gasteiger partial charge in [-0.2, -0.15) is 0 Å². The van der Waals surface area contributed by atoms with Crippen LogP contribution in [0.5, 0.6) is 0 Å². The van der Waals surface area contributed by atoms with Crippen LogP contribution in [0.3, 0.4) is 0 Å². The Labute approximate surface area is 118 Å². The van der Waals surface area contributed by atoms with Crippen LogP contribution in [0.4, 0.5) is 15.9 Å². The number of hydrogen-bond donors (Lipinski definition) is 1. The summed E-state index contributed by atoms with van der Waals surface area (Å²) in [5.41, 5.74) is 7.43. The van der Waals surface area contributed by atoms with Crippen LogP contribution in [0.2, 0.25) is 0 Å². The van der Waals surface area contributed by atoms with E-state index >= 15 is 0 Å². The highest BCUT2D eigenvalue weighted by Crippen LogP contribution is 2.29. The predicted molar refractivity (Wildman–Crippen MR) is 76.8 cm³/mol. The molecular weight excluding hydrogens is 313 g/mol. The second-order valence-electron chi connectivity index (χ2n) is 4.45. The smallest absolute Gasteiger partial charge is 0.147 e. The molecule has 100 valence electrons. The van der Waals surface area contributed by atoms with Gasteiger partial charge in [0.05, 0.1) is 28.9 Å². The highest BCUT2D eigenvalue weighted by molar-refractivity contribution is 9.10. The number of nitrogens with two attached hydrogens (primary N) is 1. The molecule has 1 aromatic heterocycles. The molecule has 2 N–H and O–H groups in total. The van der Waals surface area contributed by atoms with Crippen molar-refractivity contribution in [3.63, 3.8) is 0 Å². The predicted octanol–water partition coefficient (Wildman–Crippen LogP) is 2.56. The minimum atomic E-state index is -0.335. The molecule has 0 atom stereocenters. The Morgan fingerprint density at radius 2 is 2.00 bits per heavy atom. The number of nitrogen functional groups attached to an aromatic ring is 1. The van der Waals surface area contributed by atoms with Crippen LogP contribution >= 0.6 is 15.9 Å². The molecule has 19 heavy (non-hydrogen) atoms. The second kappa shape index (κ2) is 4.94. The van der Waals surface area contributed by atoms with Crippen molar-refractivity contribution in [3.05, 3.63) is 28.5 Å². The van der Waals surface area contributed by atoms with Gasteiger partial charge in [-0.05, 0) is 28.1 Å². The summed E-state index contributed by atoms with van der Waals surface area (Å²) in [6.45, 7) is 2.95. The zero-order valence-electron chi connectivity index (χ0n) is 10.2. The monoisotopic (exact) mass is 325 g/mol. The number of pyridine rings is 1. The maximum absolute atomic E-state index is 13.5. The third kappa shape index (κ3) is 2.37. The van der Waals surface area contributed by atoms with Crippen molar-refractivity contribution >= 4 is 38.3 Å². The molecule has 1 fully saturated rings. The van der Waals surface area contributed by atoms with Crippen LogP contribution in [0, 0.1) is 5.82 Å². The number of halogens is 2. The van der Waals surface area contributed by atoms with Crippen molar-refractivity contribution in [1.29, 1.82) is 0 Å². The van der Waals surface area contributed by atoms with Crippen molar-refractivity contribution < 1.29 is 9.13 Å². The topological polar surface area (TPSA) is 51.4 Å². The SMILES string of the molecule is Nc1nc2cc(F)c(Br)cc2cc1N1CCOCC1. The summed E-state index contributed by atoms with van der Waals surface area (Å²) in [7, 11) is 0. The number of rotatable bonds is 1. The molecule has 3 rings (SSSR count). The minimum Gasteiger partial charge on any atom is -0.382 e. The lowest BCUT2D eigenvalue weighted by Crippen LogP contribution is -2.36. The summed E-state index contributed by atoms with van der Waals surface area (Å²) >= 11 is 3.19. The number of fused-ring (bicyclic) bond motifs is 1. The lowest BCUT2D eigenvalue weighted by molar-refractivity contribution is 0.123. The molecule has 0 radical (unpaired) electrons. The second-order valence-corrected chi connectivity index (χ2v) is 5.31. The standard InChI is InChI=1S/C13H13BrFN3O/c14-9-5-8-6-12(18-1-3-19-4-2-18)13(16)17-11(8)7-10(9)15/h5-7H,1-4H2,(H2,16,17). The van der Waals surface area contributed by atoms with Gasteiger partial charge >= 0.3 is 0 Å². The Hall–Kier alpha value is -1.40. The first-order valence-corrected chi connectivity index (χ1v) is 6.82. The van der Waals surface area contributed by atoms with Crippen molar-refractivity contribution in [2.45, 2.75) is 0 Å². The van der Waals surface area contributed by atoms with Crippen LogP contribution in [-0.2, 0) is 4.74 Å². The Morgan fingerprint density at radius 3 is 2.74 bits per heavy atom. The van der Waals surface area contributed by atoms with Gasteiger partial charge in [0.25, 0.3) is 0 Å². The van der Waals surface area contributed by atoms with Gasteiger partial charge in [-0.15, -0.1) is 0 Å². The number of benzene rings is 1. The first-order chi connectivity index (χ1) is 9.15. The van der Waals surface area contributed by atoms with Crippen LogP contribution in [-0.4, -0.2) is 31.3 Å². The van der Waals surface area contributed by atoms with Gasteiger partial charge in [-0.1, -0.05) is 0 Å². The van der Waals surface area contributed by atoms with Gasteiger partial charge in [0.2, 0.25) is 0 Å². The number of aromatic nitrogens is 1. The maximum atomic E-state index is 13.5. The summed E-state index contributed by atoms with van der Waals surface area (Å²) in [5.74, 6) is 0.0923. The molecule has 6 heteroatoms. The highest BCUT2D eigenvalue weighted by Gasteiger charge is 2.16. The Morgan fingerprint density at radius 1 is 1.26 bits per heavy atom. The average Bonchev–Trinajstić information content (AvgIpc) is 2.41. The summed E-state index contributed by atoms with van der Waals surface area (Å²) < 4.78 is 19.2. The van der Waals surface area contributed by atoms with E-state index in [1.807, 2.05) is 6.07 Å². The van der Waals surface area contributed by atoms with Gasteiger partial charge in [0.15, 0.2) is 0 Å². The zero-order valence-corrected chi connectivity index (χ0v) is 11.8. The Bertz CT molecular complexity index is 629. The number of anilines is 2. The molecule has 0 amide bonds. The quantitative estimate of drug-likeness (QED) is 0.875. The van der Waals surface area contributed by atoms with Gasteiger partial charge in [-0.25, -0.2) is 9.37 Å². The van der Waals surface area contributed by atoms with E-state index in [-0.39, 0.29) is 5.82 Å². The maximum Gasteiger partial charge on any atom is 0.147 e. The molecular formula is C13H13BrFN3O. The summed E-state index contributed by atoms with van der Waals surface area (Å²) in [4.78, 5) is 6.43. The number of morpholine rings is 1. The largest absolute Gasteiger partial charge is 0.382 e. The molecule has 1 saturated heterocycles. The van der Waals surface area contributed by atoms with Crippen LogP contribution in [0.1, 0.15) is 0 Å². The molecule has 4 nitrogen and oxygen atoms in total. The minimum absolute atomic E-state index is 0.335. The van der Waals surface area contributed by atoms with Crippen molar-refractivity contribution in [2.75, 3.05) is 36.9 Å². The van der Waals surface area contributed by atoms with Crippen LogP contribution in [0.25, 0.3) is 10.9 Å². The molecule has 0 spiro atoms. The molecule has 0 bridgehead atoms. The van der Waals surface area contributed by atoms with Crippen molar-refractivity contribution in [3.8, 4) is 0 Å². The van der Waals surface area contributed by atoms with Gasteiger partial charge in [0.1, 0.15) is 11.6 Å². The fraction of sp³-hybridized carbons (Fsp3) is 0.308. The number of hydrogen-bond acceptors (Lipinski definition) is 4. The fourth-order valence-corrected chi connectivity index (χ4v) is 2.59. The normalized spacial score (nSPS) is 16.0. The highest BCUT2D eigenvalue weighted by atomic mass is 79.9. The van der Waals surface area contributed by atoms with E-state index in [9.17, 15) is 4.39 Å². The average molecular weight is 326 g/mol. The summed E-state index contributed by atoms with van der Waals surface area (Å²) in [6.07, 6.45) is 0. The van der Waals surface area contributed by atoms with Gasteiger partial charge in [0, 0.05) is 24.5 Å². The van der Waals surface area contributed by atoms with Crippen molar-refractivity contribution in [2.24, 2.45) is 0 Å².